The Kier molecular flexibility index (Phi) is 17.4. The van der Waals surface area contributed by atoms with Gasteiger partial charge in [0.25, 0.3) is 0 Å². The Balaban J connectivity index is 0.000000147. The highest BCUT2D eigenvalue weighted by Gasteiger charge is 2.19. The molecule has 113 heavy (non-hydrogen) atoms. The Hall–Kier alpha value is -15.3. The van der Waals surface area contributed by atoms with Crippen LogP contribution in [0.3, 0.4) is 0 Å². The van der Waals surface area contributed by atoms with Crippen LogP contribution in [0, 0.1) is 0 Å². The number of hydrogen-bond acceptors (Lipinski definition) is 8. The van der Waals surface area contributed by atoms with Crippen LogP contribution in [-0.2, 0) is 0 Å². The highest BCUT2D eigenvalue weighted by atomic mass is 15.1. The molecule has 21 aromatic rings. The van der Waals surface area contributed by atoms with Crippen molar-refractivity contribution in [1.82, 2.24) is 44.4 Å². The maximum absolute atomic E-state index is 5.19. The van der Waals surface area contributed by atoms with Crippen LogP contribution in [0.2, 0.25) is 0 Å². The van der Waals surface area contributed by atoms with Gasteiger partial charge in [-0.15, -0.1) is 0 Å². The first kappa shape index (κ1) is 67.1. The van der Waals surface area contributed by atoms with E-state index in [0.717, 1.165) is 140 Å². The van der Waals surface area contributed by atoms with E-state index in [1.807, 2.05) is 36.9 Å². The maximum Gasteiger partial charge on any atom is 0.160 e. The average Bonchev–Trinajstić information content (AvgIpc) is 1.61. The van der Waals surface area contributed by atoms with Gasteiger partial charge in [0.2, 0.25) is 0 Å². The van der Waals surface area contributed by atoms with E-state index in [4.69, 9.17) is 39.9 Å². The standard InChI is InChI=1S/C54H35N5.C50H32N4/c1-2-12-41(13-3-1)54-58-49-16-8-9-17-52(49)59(54)47-29-26-39(27-30-47)50-34-51(46-28-31-48(55-35-46)45-25-21-37-11-5-7-15-43(37)33-45)57-53(56-50)40-22-18-38(19-23-40)44-24-20-36-10-4-6-14-42(36)32-44;1-4-10-36-25-39(16-13-33(36)7-1)46-22-19-42(30-51-46)45-28-49(43-20-23-47(52-31-43)40-17-14-34-8-2-5-11-37(34)26-40)54-50(29-45)44-21-24-48(53-32-44)41-18-15-35-9-3-6-12-38(35)27-41/h1-35H;1-32H. The molecule has 0 N–H and O–H groups in total. The van der Waals surface area contributed by atoms with Crippen LogP contribution in [0.15, 0.2) is 407 Å². The summed E-state index contributed by atoms with van der Waals surface area (Å²) in [6.07, 6.45) is 7.71. The summed E-state index contributed by atoms with van der Waals surface area (Å²) in [4.78, 5) is 40.2. The number of pyridine rings is 5. The number of benzene rings is 14. The molecule has 0 spiro atoms. The van der Waals surface area contributed by atoms with Crippen LogP contribution in [0.1, 0.15) is 0 Å². The molecule has 7 aromatic heterocycles. The number of para-hydroxylation sites is 2. The fraction of sp³-hybridized carbons (Fsp3) is 0. The lowest BCUT2D eigenvalue weighted by molar-refractivity contribution is 1.10. The van der Waals surface area contributed by atoms with Gasteiger partial charge in [0.05, 0.1) is 56.6 Å². The summed E-state index contributed by atoms with van der Waals surface area (Å²) in [6, 6.07) is 133. The molecule has 0 saturated carbocycles. The summed E-state index contributed by atoms with van der Waals surface area (Å²) in [5.41, 5.74) is 24.4. The molecule has 0 saturated heterocycles. The van der Waals surface area contributed by atoms with Crippen molar-refractivity contribution in [3.05, 3.63) is 407 Å². The topological polar surface area (TPSA) is 108 Å². The maximum atomic E-state index is 5.19. The highest BCUT2D eigenvalue weighted by Crippen LogP contribution is 2.38. The van der Waals surface area contributed by atoms with E-state index < -0.39 is 0 Å². The Labute approximate surface area is 653 Å². The van der Waals surface area contributed by atoms with Crippen LogP contribution in [-0.4, -0.2) is 44.4 Å². The zero-order valence-corrected chi connectivity index (χ0v) is 61.2. The van der Waals surface area contributed by atoms with E-state index in [0.29, 0.717) is 5.82 Å². The Morgan fingerprint density at radius 2 is 0.496 bits per heavy atom. The monoisotopic (exact) mass is 1440 g/mol. The van der Waals surface area contributed by atoms with Gasteiger partial charge in [-0.05, 0) is 186 Å². The summed E-state index contributed by atoms with van der Waals surface area (Å²) in [6.45, 7) is 0. The molecule has 0 aliphatic heterocycles. The zero-order chi connectivity index (χ0) is 75.0. The van der Waals surface area contributed by atoms with E-state index in [1.165, 1.54) is 59.4 Å². The molecule has 528 valence electrons. The van der Waals surface area contributed by atoms with Gasteiger partial charge >= 0.3 is 0 Å². The van der Waals surface area contributed by atoms with Crippen molar-refractivity contribution in [1.29, 1.82) is 0 Å². The predicted molar refractivity (Wildman–Crippen MR) is 465 cm³/mol. The third-order valence-corrected chi connectivity index (χ3v) is 21.2. The van der Waals surface area contributed by atoms with Crippen LogP contribution in [0.25, 0.3) is 206 Å². The van der Waals surface area contributed by atoms with Crippen LogP contribution in [0.5, 0.6) is 0 Å². The van der Waals surface area contributed by atoms with Crippen molar-refractivity contribution < 1.29 is 0 Å². The lowest BCUT2D eigenvalue weighted by atomic mass is 10.00. The summed E-state index contributed by atoms with van der Waals surface area (Å²) in [5, 5.41) is 12.1. The molecule has 9 nitrogen and oxygen atoms in total. The fourth-order valence-corrected chi connectivity index (χ4v) is 15.2. The molecular formula is C104H67N9. The highest BCUT2D eigenvalue weighted by molar-refractivity contribution is 5.93. The molecule has 0 amide bonds. The van der Waals surface area contributed by atoms with E-state index in [2.05, 4.69) is 375 Å². The molecule has 0 bridgehead atoms. The second kappa shape index (κ2) is 29.3. The quantitative estimate of drug-likeness (QED) is 0.112. The summed E-state index contributed by atoms with van der Waals surface area (Å²) >= 11 is 0. The van der Waals surface area contributed by atoms with Gasteiger partial charge in [-0.1, -0.05) is 267 Å². The molecule has 0 fully saturated rings. The van der Waals surface area contributed by atoms with Crippen LogP contribution >= 0.6 is 0 Å². The third-order valence-electron chi connectivity index (χ3n) is 21.2. The van der Waals surface area contributed by atoms with E-state index in [1.54, 1.807) is 0 Å². The molecule has 21 rings (SSSR count). The predicted octanol–water partition coefficient (Wildman–Crippen LogP) is 26.2. The number of hydrogen-bond donors (Lipinski definition) is 0. The summed E-state index contributed by atoms with van der Waals surface area (Å²) in [7, 11) is 0. The Bertz CT molecular complexity index is 6650. The number of rotatable bonds is 13. The first-order valence-electron chi connectivity index (χ1n) is 37.9. The SMILES string of the molecule is c1ccc(-c2nc3ccccc3n2-c2ccc(-c3cc(-c4ccc(-c5ccc6ccccc6c5)nc4)nc(-c4ccc(-c5ccc6ccccc6c5)cc4)n3)cc2)cc1.c1ccc2cc(-c3ccc(-c4cc(-c5ccc(-c6ccc7ccccc7c6)nc5)nc(-c5ccc(-c6ccc7ccccc7c6)nc5)c4)cn3)ccc2c1. The van der Waals surface area contributed by atoms with Gasteiger partial charge in [-0.3, -0.25) is 24.5 Å². The van der Waals surface area contributed by atoms with Gasteiger partial charge in [0, 0.05) is 91.7 Å². The lowest BCUT2D eigenvalue weighted by Gasteiger charge is -2.12. The smallest absolute Gasteiger partial charge is 0.160 e. The van der Waals surface area contributed by atoms with Crippen molar-refractivity contribution in [3.8, 4) is 141 Å². The third kappa shape index (κ3) is 13.7. The van der Waals surface area contributed by atoms with Crippen LogP contribution < -0.4 is 0 Å². The first-order chi connectivity index (χ1) is 55.9. The van der Waals surface area contributed by atoms with Gasteiger partial charge in [0.15, 0.2) is 5.82 Å². The minimum absolute atomic E-state index is 0.650. The zero-order valence-electron chi connectivity index (χ0n) is 61.2. The number of nitrogens with zero attached hydrogens (tertiary/aromatic N) is 9. The largest absolute Gasteiger partial charge is 0.292 e. The first-order valence-corrected chi connectivity index (χ1v) is 37.9. The van der Waals surface area contributed by atoms with Gasteiger partial charge in [-0.25, -0.2) is 19.9 Å². The minimum Gasteiger partial charge on any atom is -0.292 e. The van der Waals surface area contributed by atoms with Crippen molar-refractivity contribution in [2.24, 2.45) is 0 Å². The molecule has 0 radical (unpaired) electrons. The molecule has 14 aromatic carbocycles. The minimum atomic E-state index is 0.650. The molecule has 7 heterocycles. The van der Waals surface area contributed by atoms with Gasteiger partial charge in [0.1, 0.15) is 5.82 Å². The Morgan fingerprint density at radius 1 is 0.168 bits per heavy atom. The number of fused-ring (bicyclic) bond motifs is 6. The van der Waals surface area contributed by atoms with Crippen molar-refractivity contribution in [2.45, 2.75) is 0 Å². The molecule has 0 aliphatic carbocycles. The van der Waals surface area contributed by atoms with Crippen molar-refractivity contribution in [2.75, 3.05) is 0 Å². The summed E-state index contributed by atoms with van der Waals surface area (Å²) in [5.74, 6) is 1.55. The second-order valence-electron chi connectivity index (χ2n) is 28.4. The van der Waals surface area contributed by atoms with Crippen molar-refractivity contribution >= 4 is 64.9 Å². The van der Waals surface area contributed by atoms with Gasteiger partial charge < -0.3 is 0 Å². The number of imidazole rings is 1. The molecule has 0 unspecified atom stereocenters. The normalized spacial score (nSPS) is 11.4. The lowest BCUT2D eigenvalue weighted by Crippen LogP contribution is -1.99. The molecule has 0 aliphatic rings. The van der Waals surface area contributed by atoms with E-state index >= 15 is 0 Å². The van der Waals surface area contributed by atoms with Crippen LogP contribution in [0.4, 0.5) is 0 Å². The molecular weight excluding hydrogens is 1380 g/mol. The second-order valence-corrected chi connectivity index (χ2v) is 28.4. The summed E-state index contributed by atoms with van der Waals surface area (Å²) < 4.78 is 2.23. The molecule has 9 heteroatoms. The molecule has 0 atom stereocenters. The van der Waals surface area contributed by atoms with E-state index in [9.17, 15) is 0 Å². The van der Waals surface area contributed by atoms with E-state index in [-0.39, 0.29) is 0 Å². The number of aromatic nitrogens is 9. The Morgan fingerprint density at radius 3 is 0.920 bits per heavy atom. The van der Waals surface area contributed by atoms with Crippen molar-refractivity contribution in [3.63, 3.8) is 0 Å². The van der Waals surface area contributed by atoms with Gasteiger partial charge in [-0.2, -0.15) is 0 Å². The fourth-order valence-electron chi connectivity index (χ4n) is 15.2. The average molecular weight is 1440 g/mol.